The SMILES string of the molecule is CCCCCN(N)P(=O)(OCC)OCC. The lowest BCUT2D eigenvalue weighted by Gasteiger charge is -2.25. The summed E-state index contributed by atoms with van der Waals surface area (Å²) in [4.78, 5) is 0. The lowest BCUT2D eigenvalue weighted by Crippen LogP contribution is -2.30. The Balaban J connectivity index is 4.15. The molecule has 0 spiro atoms. The quantitative estimate of drug-likeness (QED) is 0.289. The molecule has 15 heavy (non-hydrogen) atoms. The van der Waals surface area contributed by atoms with Crippen LogP contribution in [0.4, 0.5) is 0 Å². The van der Waals surface area contributed by atoms with E-state index in [2.05, 4.69) is 6.92 Å². The van der Waals surface area contributed by atoms with Crippen LogP contribution in [0.15, 0.2) is 0 Å². The van der Waals surface area contributed by atoms with Crippen molar-refractivity contribution in [3.63, 3.8) is 0 Å². The van der Waals surface area contributed by atoms with Gasteiger partial charge in [-0.05, 0) is 20.3 Å². The molecule has 6 heteroatoms. The van der Waals surface area contributed by atoms with E-state index in [1.807, 2.05) is 0 Å². The molecule has 0 amide bonds. The number of nitrogens with zero attached hydrogens (tertiary/aromatic N) is 1. The molecule has 0 heterocycles. The van der Waals surface area contributed by atoms with Crippen molar-refractivity contribution in [1.82, 2.24) is 4.78 Å². The highest BCUT2D eigenvalue weighted by Gasteiger charge is 2.30. The van der Waals surface area contributed by atoms with Gasteiger partial charge in [-0.2, -0.15) is 0 Å². The number of hydrogen-bond donors (Lipinski definition) is 1. The molecule has 0 aromatic carbocycles. The minimum Gasteiger partial charge on any atom is -0.296 e. The second-order valence-corrected chi connectivity index (χ2v) is 5.14. The fourth-order valence-corrected chi connectivity index (χ4v) is 2.57. The lowest BCUT2D eigenvalue weighted by molar-refractivity contribution is 0.166. The Morgan fingerprint density at radius 1 is 1.13 bits per heavy atom. The van der Waals surface area contributed by atoms with Crippen molar-refractivity contribution in [1.29, 1.82) is 0 Å². The van der Waals surface area contributed by atoms with E-state index >= 15 is 0 Å². The van der Waals surface area contributed by atoms with Gasteiger partial charge in [0.2, 0.25) is 0 Å². The van der Waals surface area contributed by atoms with Gasteiger partial charge in [-0.15, -0.1) is 4.78 Å². The summed E-state index contributed by atoms with van der Waals surface area (Å²) < 4.78 is 23.5. The Morgan fingerprint density at radius 3 is 2.07 bits per heavy atom. The number of hydrazine groups is 1. The third kappa shape index (κ3) is 5.64. The van der Waals surface area contributed by atoms with Crippen molar-refractivity contribution in [2.45, 2.75) is 40.0 Å². The van der Waals surface area contributed by atoms with Gasteiger partial charge in [-0.1, -0.05) is 19.8 Å². The zero-order valence-corrected chi connectivity index (χ0v) is 10.8. The second-order valence-electron chi connectivity index (χ2n) is 3.17. The van der Waals surface area contributed by atoms with Crippen LogP contribution in [0, 0.1) is 0 Å². The Labute approximate surface area is 92.5 Å². The Bertz CT molecular complexity index is 192. The zero-order chi connectivity index (χ0) is 11.7. The monoisotopic (exact) mass is 238 g/mol. The number of rotatable bonds is 9. The fraction of sp³-hybridized carbons (Fsp3) is 1.00. The maximum absolute atomic E-state index is 12.1. The van der Waals surface area contributed by atoms with Crippen LogP contribution in [-0.4, -0.2) is 24.5 Å². The van der Waals surface area contributed by atoms with Gasteiger partial charge in [-0.25, -0.2) is 4.57 Å². The molecule has 5 nitrogen and oxygen atoms in total. The normalized spacial score (nSPS) is 12.3. The Kier molecular flexibility index (Phi) is 8.29. The Morgan fingerprint density at radius 2 is 1.67 bits per heavy atom. The summed E-state index contributed by atoms with van der Waals surface area (Å²) in [6.07, 6.45) is 3.06. The number of nitrogens with two attached hydrogens (primary N) is 1. The van der Waals surface area contributed by atoms with Gasteiger partial charge in [0, 0.05) is 6.54 Å². The van der Waals surface area contributed by atoms with Gasteiger partial charge in [0.25, 0.3) is 0 Å². The van der Waals surface area contributed by atoms with E-state index < -0.39 is 7.75 Å². The van der Waals surface area contributed by atoms with Gasteiger partial charge in [0.1, 0.15) is 0 Å². The molecule has 92 valence electrons. The van der Waals surface area contributed by atoms with Crippen LogP contribution in [0.25, 0.3) is 0 Å². The third-order valence-corrected chi connectivity index (χ3v) is 3.89. The number of hydrogen-bond acceptors (Lipinski definition) is 4. The molecule has 0 aromatic rings. The highest BCUT2D eigenvalue weighted by molar-refractivity contribution is 7.51. The van der Waals surface area contributed by atoms with Gasteiger partial charge < -0.3 is 0 Å². The molecular formula is C9H23N2O3P. The van der Waals surface area contributed by atoms with E-state index in [0.29, 0.717) is 19.8 Å². The van der Waals surface area contributed by atoms with Crippen molar-refractivity contribution in [3.8, 4) is 0 Å². The molecule has 0 fully saturated rings. The van der Waals surface area contributed by atoms with Gasteiger partial charge in [0.05, 0.1) is 13.2 Å². The van der Waals surface area contributed by atoms with E-state index in [1.54, 1.807) is 13.8 Å². The molecule has 0 aliphatic carbocycles. The Hall–Kier alpha value is 0.0700. The highest BCUT2D eigenvalue weighted by Crippen LogP contribution is 2.49. The maximum Gasteiger partial charge on any atom is 0.421 e. The molecule has 0 aliphatic rings. The standard InChI is InChI=1S/C9H23N2O3P/c1-4-7-8-9-11(10)15(12,13-5-2)14-6-3/h4-10H2,1-3H3. The average molecular weight is 238 g/mol. The maximum atomic E-state index is 12.1. The van der Waals surface area contributed by atoms with Crippen LogP contribution in [0.2, 0.25) is 0 Å². The van der Waals surface area contributed by atoms with Crippen LogP contribution >= 0.6 is 7.75 Å². The van der Waals surface area contributed by atoms with Crippen LogP contribution < -0.4 is 5.84 Å². The van der Waals surface area contributed by atoms with Crippen LogP contribution in [0.1, 0.15) is 40.0 Å². The first kappa shape index (κ1) is 15.1. The van der Waals surface area contributed by atoms with Crippen molar-refractivity contribution in [2.75, 3.05) is 19.8 Å². The molecule has 0 rings (SSSR count). The number of unbranched alkanes of at least 4 members (excludes halogenated alkanes) is 2. The third-order valence-electron chi connectivity index (χ3n) is 1.89. The van der Waals surface area contributed by atoms with E-state index in [-0.39, 0.29) is 0 Å². The molecule has 2 N–H and O–H groups in total. The first-order valence-electron chi connectivity index (χ1n) is 5.52. The molecule has 0 radical (unpaired) electrons. The fourth-order valence-electron chi connectivity index (χ4n) is 1.16. The minimum atomic E-state index is -3.24. The predicted molar refractivity (Wildman–Crippen MR) is 61.3 cm³/mol. The van der Waals surface area contributed by atoms with Crippen molar-refractivity contribution in [3.05, 3.63) is 0 Å². The zero-order valence-electron chi connectivity index (χ0n) is 9.94. The predicted octanol–water partition coefficient (Wildman–Crippen LogP) is 2.53. The van der Waals surface area contributed by atoms with Crippen LogP contribution in [0.5, 0.6) is 0 Å². The summed E-state index contributed by atoms with van der Waals surface area (Å²) in [5.41, 5.74) is 0. The highest BCUT2D eigenvalue weighted by atomic mass is 31.2. The minimum absolute atomic E-state index is 0.332. The summed E-state index contributed by atoms with van der Waals surface area (Å²) in [5.74, 6) is 5.69. The van der Waals surface area contributed by atoms with Gasteiger partial charge in [0.15, 0.2) is 0 Å². The van der Waals surface area contributed by atoms with Crippen LogP contribution in [-0.2, 0) is 13.6 Å². The molecule has 0 bridgehead atoms. The van der Waals surface area contributed by atoms with Gasteiger partial charge >= 0.3 is 7.75 Å². The average Bonchev–Trinajstić information content (AvgIpc) is 2.18. The van der Waals surface area contributed by atoms with Crippen molar-refractivity contribution >= 4 is 7.75 Å². The van der Waals surface area contributed by atoms with Crippen molar-refractivity contribution in [2.24, 2.45) is 5.84 Å². The topological polar surface area (TPSA) is 64.8 Å². The second kappa shape index (κ2) is 8.25. The summed E-state index contributed by atoms with van der Waals surface area (Å²) >= 11 is 0. The van der Waals surface area contributed by atoms with E-state index in [9.17, 15) is 4.57 Å². The summed E-state index contributed by atoms with van der Waals surface area (Å²) in [6.45, 7) is 6.84. The van der Waals surface area contributed by atoms with Crippen LogP contribution in [0.3, 0.4) is 0 Å². The molecule has 0 aliphatic heterocycles. The lowest BCUT2D eigenvalue weighted by atomic mass is 10.3. The molecule has 0 aromatic heterocycles. The molecule has 0 atom stereocenters. The van der Waals surface area contributed by atoms with E-state index in [1.165, 1.54) is 4.78 Å². The van der Waals surface area contributed by atoms with Gasteiger partial charge in [-0.3, -0.25) is 14.9 Å². The summed E-state index contributed by atoms with van der Waals surface area (Å²) in [6, 6.07) is 0. The van der Waals surface area contributed by atoms with Crippen molar-refractivity contribution < 1.29 is 13.6 Å². The molecule has 0 saturated carbocycles. The summed E-state index contributed by atoms with van der Waals surface area (Å²) in [7, 11) is -3.24. The first-order valence-corrected chi connectivity index (χ1v) is 7.02. The largest absolute Gasteiger partial charge is 0.421 e. The molecule has 0 saturated heterocycles. The summed E-state index contributed by atoms with van der Waals surface area (Å²) in [5, 5.41) is 0. The van der Waals surface area contributed by atoms with E-state index in [4.69, 9.17) is 14.9 Å². The first-order chi connectivity index (χ1) is 7.10. The van der Waals surface area contributed by atoms with E-state index in [0.717, 1.165) is 19.3 Å². The molecule has 0 unspecified atom stereocenters. The molecular weight excluding hydrogens is 215 g/mol. The smallest absolute Gasteiger partial charge is 0.296 e.